The van der Waals surface area contributed by atoms with Gasteiger partial charge in [0.05, 0.1) is 11.5 Å². The first kappa shape index (κ1) is 16.5. The highest BCUT2D eigenvalue weighted by Crippen LogP contribution is 2.22. The molecule has 0 aliphatic carbocycles. The van der Waals surface area contributed by atoms with E-state index in [0.717, 1.165) is 17.7 Å². The summed E-state index contributed by atoms with van der Waals surface area (Å²) in [7, 11) is 0. The summed E-state index contributed by atoms with van der Waals surface area (Å²) in [4.78, 5) is 22.3. The van der Waals surface area contributed by atoms with Gasteiger partial charge in [-0.2, -0.15) is 0 Å². The molecular formula is C17H18N2O4. The van der Waals surface area contributed by atoms with E-state index in [4.69, 9.17) is 4.74 Å². The maximum absolute atomic E-state index is 12.2. The quantitative estimate of drug-likeness (QED) is 0.646. The minimum absolute atomic E-state index is 0.0462. The van der Waals surface area contributed by atoms with Crippen LogP contribution in [-0.2, 0) is 0 Å². The van der Waals surface area contributed by atoms with Crippen LogP contribution in [0, 0.1) is 17.0 Å². The van der Waals surface area contributed by atoms with E-state index in [1.165, 1.54) is 24.3 Å². The van der Waals surface area contributed by atoms with Gasteiger partial charge >= 0.3 is 0 Å². The topological polar surface area (TPSA) is 81.5 Å². The Bertz CT molecular complexity index is 711. The van der Waals surface area contributed by atoms with E-state index in [0.29, 0.717) is 17.9 Å². The molecule has 0 saturated heterocycles. The first-order valence-electron chi connectivity index (χ1n) is 7.30. The fraction of sp³-hybridized carbons (Fsp3) is 0.235. The summed E-state index contributed by atoms with van der Waals surface area (Å²) in [6.45, 7) is 4.56. The lowest BCUT2D eigenvalue weighted by molar-refractivity contribution is -0.384. The number of benzene rings is 2. The van der Waals surface area contributed by atoms with Crippen LogP contribution in [0.5, 0.6) is 5.75 Å². The molecule has 0 atom stereocenters. The van der Waals surface area contributed by atoms with E-state index >= 15 is 0 Å². The van der Waals surface area contributed by atoms with Crippen LogP contribution in [-0.4, -0.2) is 17.4 Å². The molecule has 2 aromatic carbocycles. The molecule has 2 aromatic rings. The molecule has 0 aliphatic heterocycles. The highest BCUT2D eigenvalue weighted by molar-refractivity contribution is 6.04. The number of hydrogen-bond donors (Lipinski definition) is 1. The lowest BCUT2D eigenvalue weighted by Crippen LogP contribution is -2.12. The molecule has 6 heteroatoms. The Morgan fingerprint density at radius 3 is 2.48 bits per heavy atom. The number of nitro groups is 1. The number of non-ortho nitro benzene ring substituents is 1. The molecule has 0 unspecified atom stereocenters. The Kier molecular flexibility index (Phi) is 5.30. The van der Waals surface area contributed by atoms with Crippen molar-refractivity contribution in [2.24, 2.45) is 0 Å². The lowest BCUT2D eigenvalue weighted by atomic mass is 10.1. The van der Waals surface area contributed by atoms with Gasteiger partial charge in [0.1, 0.15) is 5.75 Å². The predicted molar refractivity (Wildman–Crippen MR) is 88.0 cm³/mol. The molecule has 0 fully saturated rings. The van der Waals surface area contributed by atoms with E-state index in [1.807, 2.05) is 19.9 Å². The molecule has 1 amide bonds. The number of carbonyl (C=O) groups excluding carboxylic acids is 1. The Hall–Kier alpha value is -2.89. The second-order valence-electron chi connectivity index (χ2n) is 5.08. The summed E-state index contributed by atoms with van der Waals surface area (Å²) < 4.78 is 5.54. The number of carbonyl (C=O) groups is 1. The highest BCUT2D eigenvalue weighted by atomic mass is 16.6. The van der Waals surface area contributed by atoms with Crippen molar-refractivity contribution in [2.75, 3.05) is 11.9 Å². The number of anilines is 1. The van der Waals surface area contributed by atoms with E-state index < -0.39 is 4.92 Å². The zero-order valence-electron chi connectivity index (χ0n) is 13.0. The van der Waals surface area contributed by atoms with Crippen molar-refractivity contribution >= 4 is 17.3 Å². The molecule has 0 saturated carbocycles. The third-order valence-corrected chi connectivity index (χ3v) is 3.26. The zero-order valence-corrected chi connectivity index (χ0v) is 13.0. The third kappa shape index (κ3) is 4.29. The monoisotopic (exact) mass is 314 g/mol. The van der Waals surface area contributed by atoms with Crippen molar-refractivity contribution < 1.29 is 14.5 Å². The van der Waals surface area contributed by atoms with E-state index in [-0.39, 0.29) is 11.6 Å². The summed E-state index contributed by atoms with van der Waals surface area (Å²) >= 11 is 0. The van der Waals surface area contributed by atoms with Crippen LogP contribution in [0.1, 0.15) is 29.3 Å². The van der Waals surface area contributed by atoms with Gasteiger partial charge in [-0.3, -0.25) is 14.9 Å². The van der Waals surface area contributed by atoms with Crippen LogP contribution in [0.4, 0.5) is 11.4 Å². The summed E-state index contributed by atoms with van der Waals surface area (Å²) in [6.07, 6.45) is 0.928. The molecule has 0 spiro atoms. The Labute approximate surface area is 134 Å². The highest BCUT2D eigenvalue weighted by Gasteiger charge is 2.11. The number of ether oxygens (including phenoxy) is 1. The van der Waals surface area contributed by atoms with Crippen molar-refractivity contribution in [1.82, 2.24) is 0 Å². The molecular weight excluding hydrogens is 296 g/mol. The average molecular weight is 314 g/mol. The second kappa shape index (κ2) is 7.40. The Morgan fingerprint density at radius 2 is 1.91 bits per heavy atom. The van der Waals surface area contributed by atoms with Gasteiger partial charge in [0, 0.05) is 23.4 Å². The number of hydrogen-bond acceptors (Lipinski definition) is 4. The average Bonchev–Trinajstić information content (AvgIpc) is 2.55. The molecule has 6 nitrogen and oxygen atoms in total. The maximum atomic E-state index is 12.2. The second-order valence-corrected chi connectivity index (χ2v) is 5.08. The van der Waals surface area contributed by atoms with Crippen molar-refractivity contribution in [3.63, 3.8) is 0 Å². The minimum Gasteiger partial charge on any atom is -0.494 e. The number of rotatable bonds is 6. The van der Waals surface area contributed by atoms with Gasteiger partial charge < -0.3 is 10.1 Å². The minimum atomic E-state index is -0.499. The summed E-state index contributed by atoms with van der Waals surface area (Å²) in [6, 6.07) is 10.9. The fourth-order valence-corrected chi connectivity index (χ4v) is 2.02. The predicted octanol–water partition coefficient (Wildman–Crippen LogP) is 3.94. The van der Waals surface area contributed by atoms with E-state index in [1.54, 1.807) is 12.1 Å². The smallest absolute Gasteiger partial charge is 0.269 e. The van der Waals surface area contributed by atoms with Gasteiger partial charge in [0.25, 0.3) is 11.6 Å². The van der Waals surface area contributed by atoms with Crippen LogP contribution in [0.15, 0.2) is 42.5 Å². The fourth-order valence-electron chi connectivity index (χ4n) is 2.02. The van der Waals surface area contributed by atoms with Crippen LogP contribution in [0.2, 0.25) is 0 Å². The number of nitro benzene ring substituents is 1. The number of nitrogens with one attached hydrogen (secondary N) is 1. The Morgan fingerprint density at radius 1 is 1.22 bits per heavy atom. The maximum Gasteiger partial charge on any atom is 0.269 e. The molecule has 2 rings (SSSR count). The molecule has 0 radical (unpaired) electrons. The van der Waals surface area contributed by atoms with Crippen molar-refractivity contribution in [2.45, 2.75) is 20.3 Å². The number of amides is 1. The summed E-state index contributed by atoms with van der Waals surface area (Å²) in [5.41, 5.74) is 1.88. The van der Waals surface area contributed by atoms with Gasteiger partial charge in [-0.1, -0.05) is 6.92 Å². The van der Waals surface area contributed by atoms with Gasteiger partial charge in [-0.15, -0.1) is 0 Å². The lowest BCUT2D eigenvalue weighted by Gasteiger charge is -2.11. The molecule has 0 aliphatic rings. The third-order valence-electron chi connectivity index (χ3n) is 3.26. The molecule has 120 valence electrons. The standard InChI is InChI=1S/C17H18N2O4/c1-3-10-23-15-8-9-16(12(2)11-15)18-17(20)13-4-6-14(7-5-13)19(21)22/h4-9,11H,3,10H2,1-2H3,(H,18,20). The normalized spacial score (nSPS) is 10.2. The summed E-state index contributed by atoms with van der Waals surface area (Å²) in [5.74, 6) is 0.447. The van der Waals surface area contributed by atoms with Crippen LogP contribution in [0.25, 0.3) is 0 Å². The van der Waals surface area contributed by atoms with Crippen molar-refractivity contribution in [3.05, 3.63) is 63.7 Å². The molecule has 0 bridgehead atoms. The van der Waals surface area contributed by atoms with Gasteiger partial charge in [-0.05, 0) is 49.2 Å². The molecule has 23 heavy (non-hydrogen) atoms. The largest absolute Gasteiger partial charge is 0.494 e. The van der Waals surface area contributed by atoms with Gasteiger partial charge in [0.15, 0.2) is 0 Å². The van der Waals surface area contributed by atoms with E-state index in [9.17, 15) is 14.9 Å². The van der Waals surface area contributed by atoms with Crippen molar-refractivity contribution in [3.8, 4) is 5.75 Å². The first-order valence-corrected chi connectivity index (χ1v) is 7.30. The summed E-state index contributed by atoms with van der Waals surface area (Å²) in [5, 5.41) is 13.4. The van der Waals surface area contributed by atoms with Gasteiger partial charge in [-0.25, -0.2) is 0 Å². The van der Waals surface area contributed by atoms with Crippen LogP contribution in [0.3, 0.4) is 0 Å². The van der Waals surface area contributed by atoms with E-state index in [2.05, 4.69) is 5.32 Å². The first-order chi connectivity index (χ1) is 11.0. The SMILES string of the molecule is CCCOc1ccc(NC(=O)c2ccc([N+](=O)[O-])cc2)c(C)c1. The van der Waals surface area contributed by atoms with Crippen molar-refractivity contribution in [1.29, 1.82) is 0 Å². The van der Waals surface area contributed by atoms with Crippen LogP contribution >= 0.6 is 0 Å². The van der Waals surface area contributed by atoms with Gasteiger partial charge in [0.2, 0.25) is 0 Å². The Balaban J connectivity index is 2.09. The molecule has 1 N–H and O–H groups in total. The van der Waals surface area contributed by atoms with Crippen LogP contribution < -0.4 is 10.1 Å². The number of aryl methyl sites for hydroxylation is 1. The molecule has 0 heterocycles. The zero-order chi connectivity index (χ0) is 16.8. The number of nitrogens with zero attached hydrogens (tertiary/aromatic N) is 1. The molecule has 0 aromatic heterocycles.